The van der Waals surface area contributed by atoms with Crippen LogP contribution in [0.3, 0.4) is 0 Å². The molecule has 1 unspecified atom stereocenters. The molecule has 70 valence electrons. The molecule has 1 aromatic heterocycles. The molecule has 14 heavy (non-hydrogen) atoms. The zero-order valence-corrected chi connectivity index (χ0v) is 7.96. The largest absolute Gasteiger partial charge is 0.351 e. The van der Waals surface area contributed by atoms with Crippen LogP contribution < -0.4 is 4.90 Å². The first-order valence-electron chi connectivity index (χ1n) is 5.32. The molecule has 2 aliphatic rings. The molecule has 0 radical (unpaired) electrons. The summed E-state index contributed by atoms with van der Waals surface area (Å²) in [7, 11) is 0. The Balaban J connectivity index is 2.06. The van der Waals surface area contributed by atoms with Gasteiger partial charge in [-0.3, -0.25) is 0 Å². The van der Waals surface area contributed by atoms with E-state index in [0.29, 0.717) is 0 Å². The van der Waals surface area contributed by atoms with E-state index in [0.717, 1.165) is 6.04 Å². The minimum absolute atomic E-state index is 0.723. The fraction of sp³-hybridized carbons (Fsp3) is 0.333. The highest BCUT2D eigenvalue weighted by Gasteiger charge is 2.40. The maximum atomic E-state index is 3.51. The van der Waals surface area contributed by atoms with E-state index in [-0.39, 0.29) is 0 Å². The topological polar surface area (TPSA) is 19.0 Å². The van der Waals surface area contributed by atoms with Crippen molar-refractivity contribution in [3.63, 3.8) is 0 Å². The monoisotopic (exact) mass is 184 g/mol. The number of anilines is 1. The third-order valence-electron chi connectivity index (χ3n) is 3.60. The SMILES string of the molecule is c1ccc2c3c([nH]c2c1)N1CCCC31. The molecule has 2 heteroatoms. The highest BCUT2D eigenvalue weighted by atomic mass is 15.3. The van der Waals surface area contributed by atoms with Gasteiger partial charge in [-0.15, -0.1) is 0 Å². The molecule has 0 saturated carbocycles. The van der Waals surface area contributed by atoms with Crippen LogP contribution in [0.5, 0.6) is 0 Å². The van der Waals surface area contributed by atoms with Gasteiger partial charge in [-0.25, -0.2) is 0 Å². The third kappa shape index (κ3) is 0.617. The molecule has 1 atom stereocenters. The average Bonchev–Trinajstić information content (AvgIpc) is 2.72. The Labute approximate surface area is 82.5 Å². The Hall–Kier alpha value is -1.44. The highest BCUT2D eigenvalue weighted by Crippen LogP contribution is 2.52. The Morgan fingerprint density at radius 3 is 3.21 bits per heavy atom. The van der Waals surface area contributed by atoms with Crippen molar-refractivity contribution in [3.05, 3.63) is 29.8 Å². The van der Waals surface area contributed by atoms with E-state index in [1.54, 1.807) is 5.56 Å². The summed E-state index contributed by atoms with van der Waals surface area (Å²) in [4.78, 5) is 6.02. The number of hydrogen-bond donors (Lipinski definition) is 1. The summed E-state index contributed by atoms with van der Waals surface area (Å²) in [5.41, 5.74) is 2.87. The van der Waals surface area contributed by atoms with Gasteiger partial charge in [0.15, 0.2) is 0 Å². The van der Waals surface area contributed by atoms with E-state index in [2.05, 4.69) is 34.1 Å². The number of nitrogens with one attached hydrogen (secondary N) is 1. The molecule has 2 aliphatic heterocycles. The van der Waals surface area contributed by atoms with Gasteiger partial charge in [0.2, 0.25) is 0 Å². The molecule has 3 heterocycles. The first-order valence-corrected chi connectivity index (χ1v) is 5.32. The number of hydrogen-bond acceptors (Lipinski definition) is 1. The summed E-state index contributed by atoms with van der Waals surface area (Å²) in [6, 6.07) is 9.36. The van der Waals surface area contributed by atoms with E-state index in [9.17, 15) is 0 Å². The molecule has 0 amide bonds. The Morgan fingerprint density at radius 2 is 2.21 bits per heavy atom. The van der Waals surface area contributed by atoms with Crippen LogP contribution in [0.2, 0.25) is 0 Å². The molecular weight excluding hydrogens is 172 g/mol. The summed E-state index contributed by atoms with van der Waals surface area (Å²) in [6.07, 6.45) is 2.69. The van der Waals surface area contributed by atoms with Gasteiger partial charge in [0, 0.05) is 23.0 Å². The summed E-state index contributed by atoms with van der Waals surface area (Å²) in [5, 5.41) is 1.44. The number of para-hydroxylation sites is 1. The fourth-order valence-corrected chi connectivity index (χ4v) is 2.98. The van der Waals surface area contributed by atoms with Crippen molar-refractivity contribution in [2.24, 2.45) is 0 Å². The Morgan fingerprint density at radius 1 is 1.29 bits per heavy atom. The maximum Gasteiger partial charge on any atom is 0.112 e. The number of aromatic amines is 1. The van der Waals surface area contributed by atoms with E-state index < -0.39 is 0 Å². The molecule has 0 bridgehead atoms. The lowest BCUT2D eigenvalue weighted by Gasteiger charge is -2.36. The lowest BCUT2D eigenvalue weighted by atomic mass is 9.97. The molecule has 1 saturated heterocycles. The van der Waals surface area contributed by atoms with Crippen molar-refractivity contribution in [1.82, 2.24) is 4.98 Å². The van der Waals surface area contributed by atoms with Crippen LogP contribution in [0, 0.1) is 0 Å². The Kier molecular flexibility index (Phi) is 1.06. The van der Waals surface area contributed by atoms with Crippen molar-refractivity contribution in [3.8, 4) is 0 Å². The molecule has 1 fully saturated rings. The first kappa shape index (κ1) is 6.93. The fourth-order valence-electron chi connectivity index (χ4n) is 2.98. The van der Waals surface area contributed by atoms with E-state index in [1.165, 1.54) is 36.1 Å². The smallest absolute Gasteiger partial charge is 0.112 e. The molecule has 1 aromatic carbocycles. The number of rotatable bonds is 0. The highest BCUT2D eigenvalue weighted by molar-refractivity contribution is 5.93. The van der Waals surface area contributed by atoms with Gasteiger partial charge in [0.25, 0.3) is 0 Å². The molecule has 2 nitrogen and oxygen atoms in total. The zero-order chi connectivity index (χ0) is 9.12. The molecule has 4 rings (SSSR count). The van der Waals surface area contributed by atoms with Crippen LogP contribution in [0.25, 0.3) is 10.9 Å². The van der Waals surface area contributed by atoms with Crippen LogP contribution in [0.15, 0.2) is 24.3 Å². The predicted molar refractivity (Wildman–Crippen MR) is 57.6 cm³/mol. The van der Waals surface area contributed by atoms with Crippen LogP contribution in [-0.2, 0) is 0 Å². The van der Waals surface area contributed by atoms with Crippen molar-refractivity contribution in [2.75, 3.05) is 11.4 Å². The zero-order valence-electron chi connectivity index (χ0n) is 7.96. The van der Waals surface area contributed by atoms with Gasteiger partial charge in [0.1, 0.15) is 5.82 Å². The molecule has 1 N–H and O–H groups in total. The number of aromatic nitrogens is 1. The molecule has 0 aliphatic carbocycles. The maximum absolute atomic E-state index is 3.51. The van der Waals surface area contributed by atoms with Gasteiger partial charge in [-0.05, 0) is 18.9 Å². The first-order chi connectivity index (χ1) is 6.95. The summed E-state index contributed by atoms with van der Waals surface area (Å²) < 4.78 is 0. The summed E-state index contributed by atoms with van der Waals surface area (Å²) in [6.45, 7) is 1.24. The van der Waals surface area contributed by atoms with Gasteiger partial charge in [-0.2, -0.15) is 0 Å². The van der Waals surface area contributed by atoms with Crippen LogP contribution in [0.4, 0.5) is 5.82 Å². The normalized spacial score (nSPS) is 23.4. The summed E-state index contributed by atoms with van der Waals surface area (Å²) in [5.74, 6) is 1.38. The third-order valence-corrected chi connectivity index (χ3v) is 3.60. The second-order valence-corrected chi connectivity index (χ2v) is 4.28. The number of H-pyrrole nitrogens is 1. The average molecular weight is 184 g/mol. The Bertz CT molecular complexity index is 512. The van der Waals surface area contributed by atoms with Gasteiger partial charge in [-0.1, -0.05) is 18.2 Å². The second kappa shape index (κ2) is 2.14. The molecule has 2 aromatic rings. The van der Waals surface area contributed by atoms with Crippen molar-refractivity contribution in [1.29, 1.82) is 0 Å². The van der Waals surface area contributed by atoms with E-state index in [1.807, 2.05) is 0 Å². The van der Waals surface area contributed by atoms with Crippen LogP contribution in [0.1, 0.15) is 24.4 Å². The van der Waals surface area contributed by atoms with Gasteiger partial charge in [0.05, 0.1) is 6.04 Å². The molecule has 0 spiro atoms. The van der Waals surface area contributed by atoms with Crippen molar-refractivity contribution < 1.29 is 0 Å². The predicted octanol–water partition coefficient (Wildman–Crippen LogP) is 2.82. The van der Waals surface area contributed by atoms with Crippen LogP contribution >= 0.6 is 0 Å². The number of fused-ring (bicyclic) bond motifs is 6. The standard InChI is InChI=1S/C12H12N2/c1-2-5-9-8(4-1)11-10-6-3-7-14(10)12(11)13-9/h1-2,4-5,10,13H,3,6-7H2. The lowest BCUT2D eigenvalue weighted by molar-refractivity contribution is 0.659. The van der Waals surface area contributed by atoms with E-state index >= 15 is 0 Å². The molecular formula is C12H12N2. The van der Waals surface area contributed by atoms with Crippen molar-refractivity contribution in [2.45, 2.75) is 18.9 Å². The minimum Gasteiger partial charge on any atom is -0.351 e. The van der Waals surface area contributed by atoms with Gasteiger partial charge >= 0.3 is 0 Å². The number of benzene rings is 1. The van der Waals surface area contributed by atoms with Crippen LogP contribution in [-0.4, -0.2) is 11.5 Å². The van der Waals surface area contributed by atoms with Crippen molar-refractivity contribution >= 4 is 16.7 Å². The quantitative estimate of drug-likeness (QED) is 0.667. The van der Waals surface area contributed by atoms with Gasteiger partial charge < -0.3 is 9.88 Å². The minimum atomic E-state index is 0.723. The summed E-state index contributed by atoms with van der Waals surface area (Å²) >= 11 is 0. The second-order valence-electron chi connectivity index (χ2n) is 4.28. The lowest BCUT2D eigenvalue weighted by Crippen LogP contribution is -2.32. The van der Waals surface area contributed by atoms with E-state index in [4.69, 9.17) is 0 Å². The number of nitrogens with zero attached hydrogens (tertiary/aromatic N) is 1.